The molecule has 0 aromatic carbocycles. The fourth-order valence-corrected chi connectivity index (χ4v) is 0. The van der Waals surface area contributed by atoms with E-state index in [1.165, 1.54) is 0 Å². The van der Waals surface area contributed by atoms with Crippen LogP contribution in [0.25, 0.3) is 0 Å². The van der Waals surface area contributed by atoms with Crippen LogP contribution in [-0.2, 0) is 34.1 Å². The molecule has 1 nitrogen and oxygen atoms in total. The van der Waals surface area contributed by atoms with Crippen LogP contribution in [0.2, 0.25) is 0 Å². The van der Waals surface area contributed by atoms with Crippen LogP contribution < -0.4 is 18.9 Å². The predicted molar refractivity (Wildman–Crippen MR) is 13.3 cm³/mol. The summed E-state index contributed by atoms with van der Waals surface area (Å²) in [6, 6.07) is 0. The van der Waals surface area contributed by atoms with Crippen molar-refractivity contribution in [2.24, 2.45) is 0 Å². The van der Waals surface area contributed by atoms with E-state index in [-0.39, 0.29) is 77.0 Å². The van der Waals surface area contributed by atoms with Gasteiger partial charge in [0.15, 0.2) is 0 Å². The van der Waals surface area contributed by atoms with E-state index in [9.17, 15) is 0 Å². The van der Waals surface area contributed by atoms with Gasteiger partial charge in [0.1, 0.15) is 0 Å². The zero-order valence-corrected chi connectivity index (χ0v) is 7.01. The third-order valence-corrected chi connectivity index (χ3v) is 0. The average molecular weight is 219 g/mol. The first kappa shape index (κ1) is 59.5. The first-order valence-electron chi connectivity index (χ1n) is 0. The normalized spacial score (nSPS) is 0. The SMILES string of the molecule is O.[Fe].[Fe].[H-].[Li+].[SeH2]. The Bertz CT molecular complexity index is 13.5. The third kappa shape index (κ3) is 23.1. The van der Waals surface area contributed by atoms with Gasteiger partial charge in [0.2, 0.25) is 0 Å². The standard InChI is InChI=1S/2Fe.Li.H2O.H2Se.H/h;;;2*1H2;/q;;+1;;;-1. The molecule has 0 unspecified atom stereocenters. The zero-order valence-electron chi connectivity index (χ0n) is 3.71. The monoisotopic (exact) mass is 220 g/mol. The molecule has 0 bridgehead atoms. The molecule has 34 valence electrons. The molecule has 0 spiro atoms. The van der Waals surface area contributed by atoms with Crippen molar-refractivity contribution in [3.63, 3.8) is 0 Å². The van der Waals surface area contributed by atoms with Crippen LogP contribution in [0.3, 0.4) is 0 Å². The minimum absolute atomic E-state index is 0. The van der Waals surface area contributed by atoms with E-state index in [2.05, 4.69) is 0 Å². The van der Waals surface area contributed by atoms with Gasteiger partial charge < -0.3 is 6.90 Å². The molecular formula is H5Fe2LiOSe. The van der Waals surface area contributed by atoms with Crippen molar-refractivity contribution in [3.8, 4) is 0 Å². The van der Waals surface area contributed by atoms with Gasteiger partial charge in [0.05, 0.1) is 0 Å². The molecule has 0 saturated heterocycles. The van der Waals surface area contributed by atoms with E-state index in [0.29, 0.717) is 0 Å². The fourth-order valence-electron chi connectivity index (χ4n) is 0. The van der Waals surface area contributed by atoms with Gasteiger partial charge in [-0.15, -0.1) is 0 Å². The third-order valence-electron chi connectivity index (χ3n) is 0. The van der Waals surface area contributed by atoms with Crippen LogP contribution in [-0.4, -0.2) is 22.5 Å². The summed E-state index contributed by atoms with van der Waals surface area (Å²) >= 11 is 0. The summed E-state index contributed by atoms with van der Waals surface area (Å²) in [5.41, 5.74) is 0. The molecule has 0 aliphatic rings. The van der Waals surface area contributed by atoms with Crippen LogP contribution in [0.1, 0.15) is 1.43 Å². The zero-order chi connectivity index (χ0) is 0. The van der Waals surface area contributed by atoms with Gasteiger partial charge in [-0.25, -0.2) is 0 Å². The first-order valence-corrected chi connectivity index (χ1v) is 0. The molecule has 0 radical (unpaired) electrons. The molecule has 0 aromatic heterocycles. The van der Waals surface area contributed by atoms with Crippen molar-refractivity contribution < 1.29 is 59.9 Å². The van der Waals surface area contributed by atoms with Gasteiger partial charge in [-0.05, 0) is 0 Å². The summed E-state index contributed by atoms with van der Waals surface area (Å²) < 4.78 is 0. The molecule has 0 aliphatic carbocycles. The summed E-state index contributed by atoms with van der Waals surface area (Å²) in [5, 5.41) is 0. The van der Waals surface area contributed by atoms with Crippen LogP contribution in [0.4, 0.5) is 0 Å². The van der Waals surface area contributed by atoms with Gasteiger partial charge in [0, 0.05) is 34.1 Å². The second kappa shape index (κ2) is 35.8. The van der Waals surface area contributed by atoms with Crippen molar-refractivity contribution in [3.05, 3.63) is 0 Å². The van der Waals surface area contributed by atoms with E-state index in [1.54, 1.807) is 0 Å². The van der Waals surface area contributed by atoms with E-state index >= 15 is 0 Å². The van der Waals surface area contributed by atoms with Crippen molar-refractivity contribution in [1.82, 2.24) is 0 Å². The maximum atomic E-state index is 0. The van der Waals surface area contributed by atoms with Gasteiger partial charge in [-0.1, -0.05) is 0 Å². The molecule has 5 heteroatoms. The van der Waals surface area contributed by atoms with Gasteiger partial charge in [-0.2, -0.15) is 0 Å². The van der Waals surface area contributed by atoms with Gasteiger partial charge >= 0.3 is 35.9 Å². The molecule has 5 heavy (non-hydrogen) atoms. The quantitative estimate of drug-likeness (QED) is 0.367. The Kier molecular flexibility index (Phi) is 425. The molecule has 0 amide bonds. The van der Waals surface area contributed by atoms with E-state index in [0.717, 1.165) is 0 Å². The maximum absolute atomic E-state index is 0. The van der Waals surface area contributed by atoms with E-state index in [4.69, 9.17) is 0 Å². The number of hydrogen-bond donors (Lipinski definition) is 0. The van der Waals surface area contributed by atoms with E-state index in [1.807, 2.05) is 0 Å². The molecule has 0 atom stereocenters. The summed E-state index contributed by atoms with van der Waals surface area (Å²) in [7, 11) is 0. The second-order valence-corrected chi connectivity index (χ2v) is 0. The van der Waals surface area contributed by atoms with Crippen molar-refractivity contribution in [1.29, 1.82) is 0 Å². The first-order chi connectivity index (χ1) is 0. The molecule has 0 fully saturated rings. The molecule has 0 aliphatic heterocycles. The molecule has 2 N–H and O–H groups in total. The number of rotatable bonds is 0. The van der Waals surface area contributed by atoms with E-state index < -0.39 is 0 Å². The van der Waals surface area contributed by atoms with Crippen LogP contribution in [0, 0.1) is 0 Å². The van der Waals surface area contributed by atoms with Gasteiger partial charge in [0.25, 0.3) is 0 Å². The molecular weight excluding hydrogens is 214 g/mol. The van der Waals surface area contributed by atoms with Crippen LogP contribution >= 0.6 is 0 Å². The summed E-state index contributed by atoms with van der Waals surface area (Å²) in [4.78, 5) is 0. The molecule has 0 rings (SSSR count). The van der Waals surface area contributed by atoms with Crippen LogP contribution in [0.15, 0.2) is 0 Å². The molecule has 0 aromatic rings. The number of hydrogen-bond acceptors (Lipinski definition) is 0. The summed E-state index contributed by atoms with van der Waals surface area (Å²) in [6.45, 7) is 0. The Labute approximate surface area is 76.4 Å². The Morgan fingerprint density at radius 1 is 1.00 bits per heavy atom. The second-order valence-electron chi connectivity index (χ2n) is 0. The average Bonchev–Trinajstić information content (AvgIpc) is 0. The summed E-state index contributed by atoms with van der Waals surface area (Å²) in [6.07, 6.45) is 0. The van der Waals surface area contributed by atoms with Crippen molar-refractivity contribution >= 4 is 17.1 Å². The summed E-state index contributed by atoms with van der Waals surface area (Å²) in [5.74, 6) is 0. The Balaban J connectivity index is 0. The topological polar surface area (TPSA) is 31.5 Å². The molecule has 0 saturated carbocycles. The van der Waals surface area contributed by atoms with Gasteiger partial charge in [-0.3, -0.25) is 0 Å². The predicted octanol–water partition coefficient (Wildman–Crippen LogP) is -4.63. The Hall–Kier alpha value is 2.12. The Morgan fingerprint density at radius 3 is 1.00 bits per heavy atom. The Morgan fingerprint density at radius 2 is 1.00 bits per heavy atom. The molecule has 0 heterocycles. The van der Waals surface area contributed by atoms with Crippen molar-refractivity contribution in [2.45, 2.75) is 0 Å². The minimum atomic E-state index is 0. The fraction of sp³-hybridized carbons (Fsp3) is 0. The van der Waals surface area contributed by atoms with Crippen molar-refractivity contribution in [2.75, 3.05) is 0 Å². The van der Waals surface area contributed by atoms with Crippen LogP contribution in [0.5, 0.6) is 0 Å².